The van der Waals surface area contributed by atoms with Crippen molar-refractivity contribution in [3.8, 4) is 0 Å². The normalized spacial score (nSPS) is 21.0. The Bertz CT molecular complexity index is 1260. The zero-order valence-electron chi connectivity index (χ0n) is 17.9. The smallest absolute Gasteiger partial charge is 0.323 e. The molecule has 2 aromatic carbocycles. The van der Waals surface area contributed by atoms with Gasteiger partial charge in [0.2, 0.25) is 0 Å². The first-order valence-electron chi connectivity index (χ1n) is 10.8. The summed E-state index contributed by atoms with van der Waals surface area (Å²) in [6.07, 6.45) is 5.55. The number of thioether (sulfide) groups is 1. The van der Waals surface area contributed by atoms with Gasteiger partial charge in [-0.05, 0) is 48.9 Å². The van der Waals surface area contributed by atoms with Crippen molar-refractivity contribution in [2.24, 2.45) is 4.99 Å². The third-order valence-corrected chi connectivity index (χ3v) is 6.70. The van der Waals surface area contributed by atoms with Gasteiger partial charge >= 0.3 is 5.97 Å². The van der Waals surface area contributed by atoms with E-state index in [0.29, 0.717) is 16.6 Å². The molecule has 0 radical (unpaired) electrons. The first-order chi connectivity index (χ1) is 16.1. The van der Waals surface area contributed by atoms with Crippen molar-refractivity contribution in [1.29, 1.82) is 0 Å². The van der Waals surface area contributed by atoms with Gasteiger partial charge in [0.15, 0.2) is 5.17 Å². The fraction of sp³-hybridized carbons (Fsp3) is 0.240. The number of amidine groups is 1. The van der Waals surface area contributed by atoms with Crippen LogP contribution in [0.1, 0.15) is 18.4 Å². The minimum Gasteiger partial charge on any atom is -0.480 e. The van der Waals surface area contributed by atoms with Crippen molar-refractivity contribution < 1.29 is 19.4 Å². The number of aromatic nitrogens is 1. The molecule has 2 aliphatic heterocycles. The number of carbonyl (C=O) groups is 2. The lowest BCUT2D eigenvalue weighted by Gasteiger charge is -2.19. The van der Waals surface area contributed by atoms with Crippen LogP contribution in [0.25, 0.3) is 17.0 Å². The molecule has 7 nitrogen and oxygen atoms in total. The lowest BCUT2D eigenvalue weighted by molar-refractivity contribution is -0.137. The average molecular weight is 462 g/mol. The molecule has 5 rings (SSSR count). The highest BCUT2D eigenvalue weighted by Crippen LogP contribution is 2.36. The standard InChI is InChI=1S/C25H23N3O4S/c29-23(30)16-27-14-17(20-10-4-5-11-21(20)27)13-22-24(31)28(15-19-9-6-12-32-19)25(33-22)26-18-7-2-1-3-8-18/h1-5,7-8,10-11,13-14,19H,6,9,12,15-16H2,(H,29,30)/b22-13+,26-25?/t19-/m1/s1. The number of benzene rings is 2. The molecule has 0 aliphatic carbocycles. The van der Waals surface area contributed by atoms with Crippen LogP contribution in [0.3, 0.4) is 0 Å². The molecule has 168 valence electrons. The molecule has 2 saturated heterocycles. The molecule has 8 heteroatoms. The quantitative estimate of drug-likeness (QED) is 0.546. The maximum atomic E-state index is 13.4. The second kappa shape index (κ2) is 9.25. The van der Waals surface area contributed by atoms with E-state index in [1.807, 2.05) is 60.7 Å². The molecule has 3 heterocycles. The average Bonchev–Trinajstić information content (AvgIpc) is 3.51. The summed E-state index contributed by atoms with van der Waals surface area (Å²) in [7, 11) is 0. The van der Waals surface area contributed by atoms with E-state index in [-0.39, 0.29) is 18.6 Å². The summed E-state index contributed by atoms with van der Waals surface area (Å²) in [5.41, 5.74) is 2.40. The molecule has 33 heavy (non-hydrogen) atoms. The minimum absolute atomic E-state index is 0.00681. The first kappa shape index (κ1) is 21.5. The van der Waals surface area contributed by atoms with Gasteiger partial charge in [0.05, 0.1) is 23.2 Å². The molecule has 0 spiro atoms. The van der Waals surface area contributed by atoms with Crippen molar-refractivity contribution >= 4 is 51.5 Å². The Hall–Kier alpha value is -3.36. The third-order valence-electron chi connectivity index (χ3n) is 5.69. The van der Waals surface area contributed by atoms with Crippen LogP contribution in [0.5, 0.6) is 0 Å². The van der Waals surface area contributed by atoms with Crippen LogP contribution in [-0.2, 0) is 20.9 Å². The molecule has 1 aromatic heterocycles. The predicted octanol–water partition coefficient (Wildman–Crippen LogP) is 4.51. The Kier molecular flexibility index (Phi) is 6.02. The molecular weight excluding hydrogens is 438 g/mol. The van der Waals surface area contributed by atoms with Gasteiger partial charge in [-0.3, -0.25) is 14.5 Å². The van der Waals surface area contributed by atoms with E-state index in [4.69, 9.17) is 9.73 Å². The molecule has 0 saturated carbocycles. The summed E-state index contributed by atoms with van der Waals surface area (Å²) in [5.74, 6) is -1.03. The van der Waals surface area contributed by atoms with Crippen LogP contribution in [0.2, 0.25) is 0 Å². The fourth-order valence-corrected chi connectivity index (χ4v) is 5.16. The monoisotopic (exact) mass is 461 g/mol. The van der Waals surface area contributed by atoms with Crippen molar-refractivity contribution in [3.63, 3.8) is 0 Å². The van der Waals surface area contributed by atoms with Gasteiger partial charge in [-0.2, -0.15) is 0 Å². The van der Waals surface area contributed by atoms with E-state index in [9.17, 15) is 14.7 Å². The Morgan fingerprint density at radius 1 is 1.18 bits per heavy atom. The van der Waals surface area contributed by atoms with Crippen molar-refractivity contribution in [2.45, 2.75) is 25.5 Å². The molecule has 1 N–H and O–H groups in total. The number of ether oxygens (including phenoxy) is 1. The molecule has 0 bridgehead atoms. The molecular formula is C25H23N3O4S. The van der Waals surface area contributed by atoms with Gasteiger partial charge < -0.3 is 14.4 Å². The van der Waals surface area contributed by atoms with Crippen LogP contribution in [0.15, 0.2) is 70.7 Å². The Balaban J connectivity index is 1.52. The lowest BCUT2D eigenvalue weighted by atomic mass is 10.1. The Morgan fingerprint density at radius 3 is 2.73 bits per heavy atom. The summed E-state index contributed by atoms with van der Waals surface area (Å²) >= 11 is 1.34. The molecule has 0 unspecified atom stereocenters. The largest absolute Gasteiger partial charge is 0.480 e. The summed E-state index contributed by atoms with van der Waals surface area (Å²) in [4.78, 5) is 31.7. The van der Waals surface area contributed by atoms with Crippen LogP contribution >= 0.6 is 11.8 Å². The molecule has 2 aliphatic rings. The number of rotatable bonds is 6. The number of nitrogens with zero attached hydrogens (tertiary/aromatic N) is 3. The Morgan fingerprint density at radius 2 is 1.97 bits per heavy atom. The third kappa shape index (κ3) is 4.58. The SMILES string of the molecule is O=C(O)Cn1cc(/C=C2/SC(=Nc3ccccc3)N(C[C@H]3CCCO3)C2=O)c2ccccc21. The number of hydrogen-bond donors (Lipinski definition) is 1. The second-order valence-electron chi connectivity index (χ2n) is 8.01. The van der Waals surface area contributed by atoms with Gasteiger partial charge in [-0.15, -0.1) is 0 Å². The van der Waals surface area contributed by atoms with Crippen LogP contribution in [-0.4, -0.2) is 50.9 Å². The number of aliphatic imine (C=N–C) groups is 1. The number of carboxylic acid groups (broad SMARTS) is 1. The fourth-order valence-electron chi connectivity index (χ4n) is 4.17. The number of carbonyl (C=O) groups excluding carboxylic acids is 1. The topological polar surface area (TPSA) is 84.1 Å². The van der Waals surface area contributed by atoms with Crippen LogP contribution in [0, 0.1) is 0 Å². The van der Waals surface area contributed by atoms with Gasteiger partial charge in [0.1, 0.15) is 6.54 Å². The zero-order valence-corrected chi connectivity index (χ0v) is 18.7. The van der Waals surface area contributed by atoms with Crippen LogP contribution in [0.4, 0.5) is 5.69 Å². The van der Waals surface area contributed by atoms with E-state index in [1.165, 1.54) is 11.8 Å². The lowest BCUT2D eigenvalue weighted by Crippen LogP contribution is -2.36. The van der Waals surface area contributed by atoms with Crippen molar-refractivity contribution in [2.75, 3.05) is 13.2 Å². The molecule has 1 amide bonds. The summed E-state index contributed by atoms with van der Waals surface area (Å²) in [6, 6.07) is 17.2. The number of aliphatic carboxylic acids is 1. The van der Waals surface area contributed by atoms with Gasteiger partial charge in [0, 0.05) is 29.3 Å². The maximum absolute atomic E-state index is 13.4. The molecule has 3 aromatic rings. The highest BCUT2D eigenvalue weighted by Gasteiger charge is 2.36. The number of amides is 1. The molecule has 1 atom stereocenters. The summed E-state index contributed by atoms with van der Waals surface area (Å²) in [6.45, 7) is 1.04. The van der Waals surface area contributed by atoms with E-state index in [0.717, 1.165) is 41.6 Å². The summed E-state index contributed by atoms with van der Waals surface area (Å²) < 4.78 is 7.47. The van der Waals surface area contributed by atoms with Crippen molar-refractivity contribution in [1.82, 2.24) is 9.47 Å². The first-order valence-corrected chi connectivity index (χ1v) is 11.7. The Labute approximate surface area is 195 Å². The predicted molar refractivity (Wildman–Crippen MR) is 129 cm³/mol. The number of para-hydroxylation sites is 2. The van der Waals surface area contributed by atoms with E-state index in [1.54, 1.807) is 15.7 Å². The second-order valence-corrected chi connectivity index (χ2v) is 9.02. The van der Waals surface area contributed by atoms with Gasteiger partial charge in [0.25, 0.3) is 5.91 Å². The number of carboxylic acids is 1. The minimum atomic E-state index is -0.915. The number of fused-ring (bicyclic) bond motifs is 1. The van der Waals surface area contributed by atoms with E-state index >= 15 is 0 Å². The summed E-state index contributed by atoms with van der Waals surface area (Å²) in [5, 5.41) is 10.8. The van der Waals surface area contributed by atoms with E-state index < -0.39 is 5.97 Å². The maximum Gasteiger partial charge on any atom is 0.323 e. The van der Waals surface area contributed by atoms with Crippen LogP contribution < -0.4 is 0 Å². The van der Waals surface area contributed by atoms with E-state index in [2.05, 4.69) is 0 Å². The van der Waals surface area contributed by atoms with Crippen molar-refractivity contribution in [3.05, 3.63) is 71.3 Å². The number of hydrogen-bond acceptors (Lipinski definition) is 5. The zero-order chi connectivity index (χ0) is 22.8. The molecule has 2 fully saturated rings. The van der Waals surface area contributed by atoms with Gasteiger partial charge in [-0.25, -0.2) is 4.99 Å². The highest BCUT2D eigenvalue weighted by molar-refractivity contribution is 8.18. The highest BCUT2D eigenvalue weighted by atomic mass is 32.2. The van der Waals surface area contributed by atoms with Gasteiger partial charge in [-0.1, -0.05) is 36.4 Å².